The van der Waals surface area contributed by atoms with Gasteiger partial charge in [0.2, 0.25) is 0 Å². The molecule has 106 valence electrons. The van der Waals surface area contributed by atoms with Crippen LogP contribution in [-0.4, -0.2) is 29.6 Å². The molecule has 0 saturated carbocycles. The minimum Gasteiger partial charge on any atom is -0.423 e. The summed E-state index contributed by atoms with van der Waals surface area (Å²) >= 11 is 0. The van der Waals surface area contributed by atoms with E-state index >= 15 is 0 Å². The van der Waals surface area contributed by atoms with Gasteiger partial charge in [0.25, 0.3) is 0 Å². The number of methoxy groups -OCH3 is 1. The van der Waals surface area contributed by atoms with Gasteiger partial charge in [0.15, 0.2) is 9.76 Å². The van der Waals surface area contributed by atoms with Crippen molar-refractivity contribution in [3.63, 3.8) is 0 Å². The fourth-order valence-electron chi connectivity index (χ4n) is 2.08. The summed E-state index contributed by atoms with van der Waals surface area (Å²) in [6.45, 7) is 8.96. The topological polar surface area (TPSA) is 18.5 Å². The van der Waals surface area contributed by atoms with Crippen LogP contribution in [-0.2, 0) is 15.6 Å². The lowest BCUT2D eigenvalue weighted by Gasteiger charge is -2.20. The summed E-state index contributed by atoms with van der Waals surface area (Å²) in [7, 11) is 1.27. The Morgan fingerprint density at radius 2 is 2.21 bits per heavy atom. The van der Waals surface area contributed by atoms with Crippen LogP contribution >= 0.6 is 0 Å². The van der Waals surface area contributed by atoms with Crippen molar-refractivity contribution in [3.8, 4) is 0 Å². The van der Waals surface area contributed by atoms with Gasteiger partial charge in [-0.15, -0.1) is 0 Å². The summed E-state index contributed by atoms with van der Waals surface area (Å²) in [5.74, 6) is 0. The zero-order valence-electron chi connectivity index (χ0n) is 12.4. The van der Waals surface area contributed by atoms with Crippen LogP contribution in [0.25, 0.3) is 6.08 Å². The first-order chi connectivity index (χ1) is 9.21. The van der Waals surface area contributed by atoms with Crippen molar-refractivity contribution in [2.75, 3.05) is 13.7 Å². The van der Waals surface area contributed by atoms with Gasteiger partial charge in [-0.1, -0.05) is 50.3 Å². The maximum absolute atomic E-state index is 5.92. The molecule has 2 atom stereocenters. The first-order valence-corrected chi connectivity index (χ1v) is 8.42. The van der Waals surface area contributed by atoms with E-state index in [1.807, 2.05) is 6.08 Å². The molecular formula is C16H26O2Si. The molecule has 2 nitrogen and oxygen atoms in total. The lowest BCUT2D eigenvalue weighted by Crippen LogP contribution is -2.21. The summed E-state index contributed by atoms with van der Waals surface area (Å²) in [5.41, 5.74) is 3.11. The molecule has 1 rings (SSSR count). The molecule has 0 fully saturated rings. The van der Waals surface area contributed by atoms with Crippen LogP contribution in [0.15, 0.2) is 30.8 Å². The molecule has 0 heterocycles. The third-order valence-corrected chi connectivity index (χ3v) is 5.81. The summed E-state index contributed by atoms with van der Waals surface area (Å²) in [6, 6.07) is 8.46. The number of rotatable bonds is 9. The Morgan fingerprint density at radius 1 is 1.42 bits per heavy atom. The van der Waals surface area contributed by atoms with Gasteiger partial charge in [0.05, 0.1) is 6.10 Å². The molecule has 0 saturated heterocycles. The van der Waals surface area contributed by atoms with Gasteiger partial charge >= 0.3 is 0 Å². The van der Waals surface area contributed by atoms with Crippen LogP contribution in [0, 0.1) is 0 Å². The fourth-order valence-corrected chi connectivity index (χ4v) is 3.39. The molecule has 0 aromatic heterocycles. The highest BCUT2D eigenvalue weighted by Crippen LogP contribution is 2.17. The normalized spacial score (nSPS) is 14.7. The molecule has 1 aromatic carbocycles. The second-order valence-electron chi connectivity index (χ2n) is 4.88. The Labute approximate surface area is 119 Å². The molecule has 0 aliphatic rings. The van der Waals surface area contributed by atoms with Crippen molar-refractivity contribution in [2.45, 2.75) is 38.3 Å². The smallest absolute Gasteiger partial charge is 0.167 e. The number of ether oxygens (including phenoxy) is 1. The van der Waals surface area contributed by atoms with E-state index in [1.165, 1.54) is 11.1 Å². The first-order valence-electron chi connectivity index (χ1n) is 7.03. The molecule has 0 bridgehead atoms. The Hall–Kier alpha value is -0.903. The van der Waals surface area contributed by atoms with E-state index in [2.05, 4.69) is 44.7 Å². The summed E-state index contributed by atoms with van der Waals surface area (Å²) in [4.78, 5) is 0. The third-order valence-electron chi connectivity index (χ3n) is 3.61. The zero-order valence-corrected chi connectivity index (χ0v) is 13.8. The minimum absolute atomic E-state index is 0.320. The van der Waals surface area contributed by atoms with Crippen LogP contribution in [0.4, 0.5) is 0 Å². The van der Waals surface area contributed by atoms with Gasteiger partial charge in [-0.3, -0.25) is 0 Å². The fraction of sp³-hybridized carbons (Fsp3) is 0.500. The van der Waals surface area contributed by atoms with E-state index < -0.39 is 9.76 Å². The standard InChI is InChI=1S/C16H26O2Si/c1-5-14-8-7-9-15(12-14)10-11-18-19-16(6-2)13(3)17-4/h5,7-9,12-13,16H,1,6,10-11,19H2,2-4H3. The molecule has 3 heteroatoms. The average molecular weight is 278 g/mol. The van der Waals surface area contributed by atoms with Crippen LogP contribution in [0.5, 0.6) is 0 Å². The Bertz CT molecular complexity index is 379. The Balaban J connectivity index is 2.31. The molecule has 0 N–H and O–H groups in total. The molecule has 0 radical (unpaired) electrons. The average Bonchev–Trinajstić information content (AvgIpc) is 2.47. The number of benzene rings is 1. The summed E-state index contributed by atoms with van der Waals surface area (Å²) in [5, 5.41) is 0. The molecule has 1 aromatic rings. The minimum atomic E-state index is -0.509. The van der Waals surface area contributed by atoms with Crippen molar-refractivity contribution < 1.29 is 9.16 Å². The quantitative estimate of drug-likeness (QED) is 0.510. The van der Waals surface area contributed by atoms with E-state index in [1.54, 1.807) is 7.11 Å². The maximum Gasteiger partial charge on any atom is 0.167 e. The first kappa shape index (κ1) is 16.2. The summed E-state index contributed by atoms with van der Waals surface area (Å²) in [6.07, 6.45) is 4.33. The molecule has 0 amide bonds. The number of hydrogen-bond donors (Lipinski definition) is 0. The van der Waals surface area contributed by atoms with E-state index in [0.29, 0.717) is 11.6 Å². The van der Waals surface area contributed by atoms with E-state index in [9.17, 15) is 0 Å². The van der Waals surface area contributed by atoms with Gasteiger partial charge in [0, 0.05) is 13.7 Å². The SMILES string of the molecule is C=Cc1cccc(CCO[SiH2]C(CC)C(C)OC)c1. The van der Waals surface area contributed by atoms with Crippen LogP contribution in [0.1, 0.15) is 31.4 Å². The predicted molar refractivity (Wildman–Crippen MR) is 85.2 cm³/mol. The van der Waals surface area contributed by atoms with E-state index in [0.717, 1.165) is 19.4 Å². The van der Waals surface area contributed by atoms with Crippen molar-refractivity contribution in [1.82, 2.24) is 0 Å². The van der Waals surface area contributed by atoms with E-state index in [4.69, 9.17) is 9.16 Å². The van der Waals surface area contributed by atoms with Gasteiger partial charge in [-0.2, -0.15) is 0 Å². The third kappa shape index (κ3) is 5.72. The van der Waals surface area contributed by atoms with Gasteiger partial charge in [-0.25, -0.2) is 0 Å². The molecule has 0 aliphatic carbocycles. The highest BCUT2D eigenvalue weighted by Gasteiger charge is 2.15. The lowest BCUT2D eigenvalue weighted by atomic mass is 10.1. The summed E-state index contributed by atoms with van der Waals surface area (Å²) < 4.78 is 11.3. The van der Waals surface area contributed by atoms with Gasteiger partial charge in [-0.05, 0) is 30.0 Å². The van der Waals surface area contributed by atoms with E-state index in [-0.39, 0.29) is 0 Å². The van der Waals surface area contributed by atoms with Crippen molar-refractivity contribution in [2.24, 2.45) is 0 Å². The molecular weight excluding hydrogens is 252 g/mol. The highest BCUT2D eigenvalue weighted by atomic mass is 28.2. The van der Waals surface area contributed by atoms with Crippen molar-refractivity contribution in [3.05, 3.63) is 42.0 Å². The van der Waals surface area contributed by atoms with Crippen LogP contribution < -0.4 is 0 Å². The largest absolute Gasteiger partial charge is 0.423 e. The maximum atomic E-state index is 5.92. The predicted octanol–water partition coefficient (Wildman–Crippen LogP) is 3.21. The lowest BCUT2D eigenvalue weighted by molar-refractivity contribution is 0.105. The molecule has 0 aliphatic heterocycles. The monoisotopic (exact) mass is 278 g/mol. The van der Waals surface area contributed by atoms with Gasteiger partial charge in [0.1, 0.15) is 0 Å². The van der Waals surface area contributed by atoms with Gasteiger partial charge < -0.3 is 9.16 Å². The van der Waals surface area contributed by atoms with Crippen LogP contribution in [0.3, 0.4) is 0 Å². The zero-order chi connectivity index (χ0) is 14.1. The van der Waals surface area contributed by atoms with Crippen LogP contribution in [0.2, 0.25) is 5.54 Å². The Morgan fingerprint density at radius 3 is 2.84 bits per heavy atom. The second kappa shape index (κ2) is 9.07. The Kier molecular flexibility index (Phi) is 7.71. The van der Waals surface area contributed by atoms with Crippen molar-refractivity contribution in [1.29, 1.82) is 0 Å². The van der Waals surface area contributed by atoms with Crippen molar-refractivity contribution >= 4 is 15.8 Å². The molecule has 19 heavy (non-hydrogen) atoms. The molecule has 0 spiro atoms. The second-order valence-corrected chi connectivity index (χ2v) is 6.67. The number of hydrogen-bond acceptors (Lipinski definition) is 2. The highest BCUT2D eigenvalue weighted by molar-refractivity contribution is 6.29. The molecule has 2 unspecified atom stereocenters.